The standard InChI is InChI=1S/C25H25Cl3O2/c1-25(2,20-15-22(27)24(23(28)16-20)29-14-6-13-26)19-9-11-21(12-10-19)30-17-18-7-4-3-5-8-18/h3-5,7-12,15-16H,6,13-14,17H2,1-2H3. The van der Waals surface area contributed by atoms with Gasteiger partial charge in [0.25, 0.3) is 0 Å². The lowest BCUT2D eigenvalue weighted by molar-refractivity contribution is 0.306. The Morgan fingerprint density at radius 3 is 2.03 bits per heavy atom. The second-order valence-electron chi connectivity index (χ2n) is 7.58. The molecule has 30 heavy (non-hydrogen) atoms. The van der Waals surface area contributed by atoms with Crippen LogP contribution in [0.2, 0.25) is 10.0 Å². The molecule has 0 atom stereocenters. The Morgan fingerprint density at radius 2 is 1.43 bits per heavy atom. The highest BCUT2D eigenvalue weighted by molar-refractivity contribution is 6.37. The highest BCUT2D eigenvalue weighted by atomic mass is 35.5. The highest BCUT2D eigenvalue weighted by Crippen LogP contribution is 2.40. The van der Waals surface area contributed by atoms with Crippen molar-refractivity contribution in [2.45, 2.75) is 32.3 Å². The first-order chi connectivity index (χ1) is 14.4. The van der Waals surface area contributed by atoms with Gasteiger partial charge in [-0.1, -0.05) is 79.5 Å². The normalized spacial score (nSPS) is 11.4. The Hall–Kier alpha value is -1.87. The molecule has 0 aliphatic heterocycles. The fourth-order valence-electron chi connectivity index (χ4n) is 3.16. The largest absolute Gasteiger partial charge is 0.490 e. The molecule has 3 aromatic carbocycles. The summed E-state index contributed by atoms with van der Waals surface area (Å²) in [5.74, 6) is 1.87. The van der Waals surface area contributed by atoms with Crippen molar-refractivity contribution in [1.29, 1.82) is 0 Å². The van der Waals surface area contributed by atoms with E-state index in [2.05, 4.69) is 26.0 Å². The molecule has 0 aliphatic rings. The van der Waals surface area contributed by atoms with Gasteiger partial charge < -0.3 is 9.47 Å². The van der Waals surface area contributed by atoms with E-state index in [1.165, 1.54) is 0 Å². The van der Waals surface area contributed by atoms with Crippen molar-refractivity contribution in [1.82, 2.24) is 0 Å². The molecular weight excluding hydrogens is 439 g/mol. The van der Waals surface area contributed by atoms with Crippen molar-refractivity contribution < 1.29 is 9.47 Å². The monoisotopic (exact) mass is 462 g/mol. The lowest BCUT2D eigenvalue weighted by atomic mass is 9.78. The second kappa shape index (κ2) is 10.4. The summed E-state index contributed by atoms with van der Waals surface area (Å²) in [5, 5.41) is 1.01. The van der Waals surface area contributed by atoms with Crippen molar-refractivity contribution in [2.24, 2.45) is 0 Å². The number of ether oxygens (including phenoxy) is 2. The fraction of sp³-hybridized carbons (Fsp3) is 0.280. The summed E-state index contributed by atoms with van der Waals surface area (Å²) in [7, 11) is 0. The van der Waals surface area contributed by atoms with Crippen LogP contribution in [0.5, 0.6) is 11.5 Å². The molecule has 2 nitrogen and oxygen atoms in total. The molecule has 0 amide bonds. The van der Waals surface area contributed by atoms with Crippen LogP contribution in [-0.4, -0.2) is 12.5 Å². The van der Waals surface area contributed by atoms with E-state index in [4.69, 9.17) is 44.3 Å². The van der Waals surface area contributed by atoms with Crippen LogP contribution < -0.4 is 9.47 Å². The molecule has 0 aromatic heterocycles. The summed E-state index contributed by atoms with van der Waals surface area (Å²) in [5.41, 5.74) is 3.00. The third-order valence-corrected chi connectivity index (χ3v) is 5.90. The zero-order valence-electron chi connectivity index (χ0n) is 17.1. The van der Waals surface area contributed by atoms with Crippen molar-refractivity contribution in [3.8, 4) is 11.5 Å². The van der Waals surface area contributed by atoms with Gasteiger partial charge in [0.15, 0.2) is 5.75 Å². The Labute approximate surface area is 193 Å². The van der Waals surface area contributed by atoms with Crippen LogP contribution in [0.3, 0.4) is 0 Å². The number of hydrogen-bond donors (Lipinski definition) is 0. The maximum atomic E-state index is 6.47. The molecule has 0 fully saturated rings. The minimum Gasteiger partial charge on any atom is -0.490 e. The Balaban J connectivity index is 1.74. The summed E-state index contributed by atoms with van der Waals surface area (Å²) >= 11 is 18.6. The molecule has 0 spiro atoms. The third kappa shape index (κ3) is 5.63. The molecule has 0 saturated carbocycles. The molecule has 0 saturated heterocycles. The zero-order chi connectivity index (χ0) is 21.6. The minimum atomic E-state index is -0.292. The molecule has 0 heterocycles. The summed E-state index contributed by atoms with van der Waals surface area (Å²) in [4.78, 5) is 0. The predicted molar refractivity (Wildman–Crippen MR) is 127 cm³/mol. The van der Waals surface area contributed by atoms with Crippen molar-refractivity contribution in [2.75, 3.05) is 12.5 Å². The first-order valence-corrected chi connectivity index (χ1v) is 11.2. The van der Waals surface area contributed by atoms with Gasteiger partial charge in [-0.25, -0.2) is 0 Å². The number of hydrogen-bond acceptors (Lipinski definition) is 2. The van der Waals surface area contributed by atoms with Crippen LogP contribution in [0.1, 0.15) is 37.0 Å². The van der Waals surface area contributed by atoms with E-state index in [1.807, 2.05) is 54.6 Å². The second-order valence-corrected chi connectivity index (χ2v) is 8.78. The summed E-state index contributed by atoms with van der Waals surface area (Å²) < 4.78 is 11.6. The SMILES string of the molecule is CC(C)(c1ccc(OCc2ccccc2)cc1)c1cc(Cl)c(OCCCCl)c(Cl)c1. The van der Waals surface area contributed by atoms with Gasteiger partial charge in [0.1, 0.15) is 12.4 Å². The van der Waals surface area contributed by atoms with Gasteiger partial charge in [0, 0.05) is 11.3 Å². The maximum Gasteiger partial charge on any atom is 0.156 e. The van der Waals surface area contributed by atoms with Crippen molar-refractivity contribution >= 4 is 34.8 Å². The number of alkyl halides is 1. The molecule has 3 rings (SSSR count). The Morgan fingerprint density at radius 1 is 0.800 bits per heavy atom. The molecule has 5 heteroatoms. The third-order valence-electron chi connectivity index (χ3n) is 5.07. The van der Waals surface area contributed by atoms with Crippen molar-refractivity contribution in [3.05, 3.63) is 93.5 Å². The molecule has 0 aliphatic carbocycles. The van der Waals surface area contributed by atoms with Crippen LogP contribution in [0, 0.1) is 0 Å². The molecule has 0 N–H and O–H groups in total. The van der Waals surface area contributed by atoms with Gasteiger partial charge in [-0.15, -0.1) is 11.6 Å². The predicted octanol–water partition coefficient (Wildman–Crippen LogP) is 7.91. The van der Waals surface area contributed by atoms with Gasteiger partial charge in [0.05, 0.1) is 16.7 Å². The Bertz CT molecular complexity index is 931. The fourth-order valence-corrected chi connectivity index (χ4v) is 3.87. The van der Waals surface area contributed by atoms with Crippen molar-refractivity contribution in [3.63, 3.8) is 0 Å². The van der Waals surface area contributed by atoms with Crippen LogP contribution in [0.15, 0.2) is 66.7 Å². The summed E-state index contributed by atoms with van der Waals surface area (Å²) in [6.07, 6.45) is 0.736. The first kappa shape index (κ1) is 22.8. The van der Waals surface area contributed by atoms with E-state index >= 15 is 0 Å². The van der Waals surface area contributed by atoms with Gasteiger partial charge in [-0.2, -0.15) is 0 Å². The number of benzene rings is 3. The van der Waals surface area contributed by atoms with E-state index in [1.54, 1.807) is 0 Å². The summed E-state index contributed by atoms with van der Waals surface area (Å²) in [6.45, 7) is 5.31. The molecule has 0 bridgehead atoms. The number of rotatable bonds is 9. The summed E-state index contributed by atoms with van der Waals surface area (Å²) in [6, 6.07) is 22.1. The van der Waals surface area contributed by atoms with E-state index in [-0.39, 0.29) is 5.41 Å². The zero-order valence-corrected chi connectivity index (χ0v) is 19.4. The van der Waals surface area contributed by atoms with E-state index < -0.39 is 0 Å². The Kier molecular flexibility index (Phi) is 7.93. The minimum absolute atomic E-state index is 0.292. The average Bonchev–Trinajstić information content (AvgIpc) is 2.75. The lowest BCUT2D eigenvalue weighted by Crippen LogP contribution is -2.19. The van der Waals surface area contributed by atoms with Crippen LogP contribution in [0.25, 0.3) is 0 Å². The van der Waals surface area contributed by atoms with Gasteiger partial charge in [-0.3, -0.25) is 0 Å². The smallest absolute Gasteiger partial charge is 0.156 e. The van der Waals surface area contributed by atoms with E-state index in [0.29, 0.717) is 34.9 Å². The maximum absolute atomic E-state index is 6.47. The van der Waals surface area contributed by atoms with Crippen LogP contribution in [-0.2, 0) is 12.0 Å². The highest BCUT2D eigenvalue weighted by Gasteiger charge is 2.25. The average molecular weight is 464 g/mol. The van der Waals surface area contributed by atoms with Crippen LogP contribution in [0.4, 0.5) is 0 Å². The first-order valence-electron chi connectivity index (χ1n) is 9.87. The molecular formula is C25H25Cl3O2. The number of halogens is 3. The van der Waals surface area contributed by atoms with Gasteiger partial charge in [-0.05, 0) is 47.4 Å². The molecule has 0 radical (unpaired) electrons. The quantitative estimate of drug-likeness (QED) is 0.237. The van der Waals surface area contributed by atoms with E-state index in [0.717, 1.165) is 28.9 Å². The lowest BCUT2D eigenvalue weighted by Gasteiger charge is -2.27. The van der Waals surface area contributed by atoms with E-state index in [9.17, 15) is 0 Å². The van der Waals surface area contributed by atoms with Gasteiger partial charge >= 0.3 is 0 Å². The molecule has 158 valence electrons. The topological polar surface area (TPSA) is 18.5 Å². The molecule has 3 aromatic rings. The molecule has 0 unspecified atom stereocenters. The van der Waals surface area contributed by atoms with Gasteiger partial charge in [0.2, 0.25) is 0 Å². The van der Waals surface area contributed by atoms with Crippen LogP contribution >= 0.6 is 34.8 Å².